The largest absolute Gasteiger partial charge is 0.397 e. The van der Waals surface area contributed by atoms with Crippen molar-refractivity contribution in [3.63, 3.8) is 0 Å². The second-order valence-electron chi connectivity index (χ2n) is 4.12. The first-order valence-corrected chi connectivity index (χ1v) is 5.82. The molecule has 90 valence electrons. The molecule has 0 aliphatic carbocycles. The molecule has 17 heavy (non-hydrogen) atoms. The van der Waals surface area contributed by atoms with Gasteiger partial charge in [0, 0.05) is 25.5 Å². The summed E-state index contributed by atoms with van der Waals surface area (Å²) in [6.07, 6.45) is 6.65. The van der Waals surface area contributed by atoms with Crippen LogP contribution in [0.25, 0.3) is 0 Å². The van der Waals surface area contributed by atoms with Crippen molar-refractivity contribution in [2.75, 3.05) is 17.6 Å². The summed E-state index contributed by atoms with van der Waals surface area (Å²) < 4.78 is 2.07. The molecule has 0 fully saturated rings. The SMILES string of the molecule is Cc1cccc(NCCCn2ccnc2)c1N. The van der Waals surface area contributed by atoms with Crippen LogP contribution in [0, 0.1) is 6.92 Å². The van der Waals surface area contributed by atoms with Crippen molar-refractivity contribution in [2.24, 2.45) is 0 Å². The molecule has 1 aromatic heterocycles. The van der Waals surface area contributed by atoms with Crippen molar-refractivity contribution in [3.05, 3.63) is 42.5 Å². The summed E-state index contributed by atoms with van der Waals surface area (Å²) >= 11 is 0. The lowest BCUT2D eigenvalue weighted by Crippen LogP contribution is -2.07. The summed E-state index contributed by atoms with van der Waals surface area (Å²) in [5, 5.41) is 3.36. The Morgan fingerprint density at radius 3 is 3.06 bits per heavy atom. The zero-order chi connectivity index (χ0) is 12.1. The van der Waals surface area contributed by atoms with Gasteiger partial charge in [0.2, 0.25) is 0 Å². The topological polar surface area (TPSA) is 55.9 Å². The van der Waals surface area contributed by atoms with Crippen LogP contribution in [0.3, 0.4) is 0 Å². The average molecular weight is 230 g/mol. The van der Waals surface area contributed by atoms with Crippen molar-refractivity contribution in [1.29, 1.82) is 0 Å². The van der Waals surface area contributed by atoms with Crippen molar-refractivity contribution >= 4 is 11.4 Å². The molecule has 0 unspecified atom stereocenters. The second kappa shape index (κ2) is 5.39. The Hall–Kier alpha value is -1.97. The minimum atomic E-state index is 0.843. The van der Waals surface area contributed by atoms with Gasteiger partial charge >= 0.3 is 0 Å². The number of nitrogens with one attached hydrogen (secondary N) is 1. The zero-order valence-electron chi connectivity index (χ0n) is 10.1. The Labute approximate surface area is 101 Å². The van der Waals surface area contributed by atoms with Gasteiger partial charge in [-0.25, -0.2) is 4.98 Å². The summed E-state index contributed by atoms with van der Waals surface area (Å²) in [5.74, 6) is 0. The normalized spacial score (nSPS) is 10.4. The first kappa shape index (κ1) is 11.5. The van der Waals surface area contributed by atoms with Crippen LogP contribution in [-0.2, 0) is 6.54 Å². The monoisotopic (exact) mass is 230 g/mol. The molecule has 3 N–H and O–H groups in total. The van der Waals surface area contributed by atoms with Gasteiger partial charge in [0.05, 0.1) is 17.7 Å². The third kappa shape index (κ3) is 3.00. The molecule has 0 spiro atoms. The minimum Gasteiger partial charge on any atom is -0.397 e. The molecule has 0 saturated heterocycles. The van der Waals surface area contributed by atoms with Crippen LogP contribution in [0.15, 0.2) is 36.9 Å². The minimum absolute atomic E-state index is 0.843. The van der Waals surface area contributed by atoms with E-state index in [1.54, 1.807) is 6.20 Å². The Bertz CT molecular complexity index is 462. The van der Waals surface area contributed by atoms with E-state index in [4.69, 9.17) is 5.73 Å². The van der Waals surface area contributed by atoms with Gasteiger partial charge in [-0.15, -0.1) is 0 Å². The summed E-state index contributed by atoms with van der Waals surface area (Å²) in [4.78, 5) is 4.01. The Morgan fingerprint density at radius 2 is 2.29 bits per heavy atom. The average Bonchev–Trinajstić information content (AvgIpc) is 2.83. The number of para-hydroxylation sites is 1. The van der Waals surface area contributed by atoms with E-state index in [1.807, 2.05) is 37.6 Å². The van der Waals surface area contributed by atoms with Gasteiger partial charge < -0.3 is 15.6 Å². The van der Waals surface area contributed by atoms with E-state index in [0.29, 0.717) is 0 Å². The van der Waals surface area contributed by atoms with E-state index in [-0.39, 0.29) is 0 Å². The molecule has 2 aromatic rings. The van der Waals surface area contributed by atoms with Gasteiger partial charge in [0.25, 0.3) is 0 Å². The maximum atomic E-state index is 5.98. The molecule has 0 radical (unpaired) electrons. The molecule has 0 saturated carbocycles. The lowest BCUT2D eigenvalue weighted by Gasteiger charge is -2.11. The molecule has 0 bridgehead atoms. The first-order valence-electron chi connectivity index (χ1n) is 5.82. The molecular weight excluding hydrogens is 212 g/mol. The van der Waals surface area contributed by atoms with Crippen molar-refractivity contribution < 1.29 is 0 Å². The maximum absolute atomic E-state index is 5.98. The fourth-order valence-electron chi connectivity index (χ4n) is 1.74. The highest BCUT2D eigenvalue weighted by atomic mass is 15.0. The van der Waals surface area contributed by atoms with Gasteiger partial charge in [0.1, 0.15) is 0 Å². The van der Waals surface area contributed by atoms with E-state index in [9.17, 15) is 0 Å². The van der Waals surface area contributed by atoms with Gasteiger partial charge in [-0.2, -0.15) is 0 Å². The van der Waals surface area contributed by atoms with Crippen molar-refractivity contribution in [3.8, 4) is 0 Å². The number of hydrogen-bond acceptors (Lipinski definition) is 3. The molecule has 0 atom stereocenters. The number of nitrogens with two attached hydrogens (primary N) is 1. The highest BCUT2D eigenvalue weighted by Gasteiger charge is 2.00. The zero-order valence-corrected chi connectivity index (χ0v) is 10.1. The predicted molar refractivity (Wildman–Crippen MR) is 70.9 cm³/mol. The van der Waals surface area contributed by atoms with Crippen molar-refractivity contribution in [1.82, 2.24) is 9.55 Å². The molecule has 2 rings (SSSR count). The molecule has 0 aliphatic rings. The highest BCUT2D eigenvalue weighted by Crippen LogP contribution is 2.21. The molecular formula is C13H18N4. The third-order valence-corrected chi connectivity index (χ3v) is 2.79. The lowest BCUT2D eigenvalue weighted by atomic mass is 10.1. The molecule has 1 heterocycles. The van der Waals surface area contributed by atoms with Gasteiger partial charge in [-0.05, 0) is 25.0 Å². The van der Waals surface area contributed by atoms with Crippen LogP contribution in [-0.4, -0.2) is 16.1 Å². The van der Waals surface area contributed by atoms with E-state index in [2.05, 4.69) is 14.9 Å². The number of aromatic nitrogens is 2. The standard InChI is InChI=1S/C13H18N4/c1-11-4-2-5-12(13(11)14)16-6-3-8-17-9-7-15-10-17/h2,4-5,7,9-10,16H,3,6,8,14H2,1H3. The van der Waals surface area contributed by atoms with Crippen LogP contribution in [0.4, 0.5) is 11.4 Å². The van der Waals surface area contributed by atoms with Crippen LogP contribution in [0.1, 0.15) is 12.0 Å². The smallest absolute Gasteiger partial charge is 0.0945 e. The molecule has 0 amide bonds. The van der Waals surface area contributed by atoms with Gasteiger partial charge in [0.15, 0.2) is 0 Å². The molecule has 4 nitrogen and oxygen atoms in total. The Balaban J connectivity index is 1.80. The quantitative estimate of drug-likeness (QED) is 0.612. The van der Waals surface area contributed by atoms with E-state index < -0.39 is 0 Å². The summed E-state index contributed by atoms with van der Waals surface area (Å²) in [6.45, 7) is 3.90. The number of nitrogens with zero attached hydrogens (tertiary/aromatic N) is 2. The number of imidazole rings is 1. The van der Waals surface area contributed by atoms with E-state index in [1.165, 1.54) is 0 Å². The van der Waals surface area contributed by atoms with Crippen LogP contribution < -0.4 is 11.1 Å². The summed E-state index contributed by atoms with van der Waals surface area (Å²) in [7, 11) is 0. The number of hydrogen-bond donors (Lipinski definition) is 2. The number of benzene rings is 1. The maximum Gasteiger partial charge on any atom is 0.0945 e. The van der Waals surface area contributed by atoms with Gasteiger partial charge in [-0.1, -0.05) is 12.1 Å². The van der Waals surface area contributed by atoms with Crippen LogP contribution in [0.2, 0.25) is 0 Å². The third-order valence-electron chi connectivity index (χ3n) is 2.79. The van der Waals surface area contributed by atoms with Crippen LogP contribution in [0.5, 0.6) is 0 Å². The van der Waals surface area contributed by atoms with Crippen LogP contribution >= 0.6 is 0 Å². The fourth-order valence-corrected chi connectivity index (χ4v) is 1.74. The molecule has 4 heteroatoms. The summed E-state index contributed by atoms with van der Waals surface area (Å²) in [5.41, 5.74) is 8.96. The number of nitrogen functional groups attached to an aromatic ring is 1. The number of anilines is 2. The fraction of sp³-hybridized carbons (Fsp3) is 0.308. The predicted octanol–water partition coefficient (Wildman–Crippen LogP) is 2.28. The number of rotatable bonds is 5. The molecule has 1 aromatic carbocycles. The number of aryl methyl sites for hydroxylation is 2. The first-order chi connectivity index (χ1) is 8.27. The van der Waals surface area contributed by atoms with E-state index in [0.717, 1.165) is 36.4 Å². The second-order valence-corrected chi connectivity index (χ2v) is 4.12. The summed E-state index contributed by atoms with van der Waals surface area (Å²) in [6, 6.07) is 6.05. The highest BCUT2D eigenvalue weighted by molar-refractivity contribution is 5.69. The Morgan fingerprint density at radius 1 is 1.41 bits per heavy atom. The lowest BCUT2D eigenvalue weighted by molar-refractivity contribution is 0.661. The van der Waals surface area contributed by atoms with E-state index >= 15 is 0 Å². The van der Waals surface area contributed by atoms with Crippen molar-refractivity contribution in [2.45, 2.75) is 19.9 Å². The Kier molecular flexibility index (Phi) is 3.65. The van der Waals surface area contributed by atoms with Gasteiger partial charge in [-0.3, -0.25) is 0 Å². The molecule has 0 aliphatic heterocycles.